The number of phenols is 1. The number of benzene rings is 1. The van der Waals surface area contributed by atoms with Crippen LogP contribution in [0.3, 0.4) is 0 Å². The molecule has 0 aliphatic carbocycles. The standard InChI is InChI=1S/C12H14F3NO3/c1-16(3-2-12(13,14)15)6-8-4-10-11(5-9(8)17)19-7-18-10/h4-5,17H,2-3,6-7H2,1H3. The van der Waals surface area contributed by atoms with Gasteiger partial charge in [-0.2, -0.15) is 13.2 Å². The highest BCUT2D eigenvalue weighted by atomic mass is 19.4. The number of halogens is 3. The molecule has 1 heterocycles. The van der Waals surface area contributed by atoms with Crippen LogP contribution in [0.2, 0.25) is 0 Å². The van der Waals surface area contributed by atoms with Gasteiger partial charge in [0.25, 0.3) is 0 Å². The van der Waals surface area contributed by atoms with Crippen molar-refractivity contribution in [3.63, 3.8) is 0 Å². The molecule has 0 saturated carbocycles. The summed E-state index contributed by atoms with van der Waals surface area (Å²) in [4.78, 5) is 1.49. The molecule has 0 fully saturated rings. The molecule has 19 heavy (non-hydrogen) atoms. The molecule has 7 heteroatoms. The Hall–Kier alpha value is -1.63. The van der Waals surface area contributed by atoms with E-state index in [2.05, 4.69) is 0 Å². The SMILES string of the molecule is CN(CCC(F)(F)F)Cc1cc2c(cc1O)OCO2. The number of hydrogen-bond donors (Lipinski definition) is 1. The largest absolute Gasteiger partial charge is 0.507 e. The Labute approximate surface area is 108 Å². The number of ether oxygens (including phenoxy) is 2. The fourth-order valence-corrected chi connectivity index (χ4v) is 1.79. The van der Waals surface area contributed by atoms with Crippen molar-refractivity contribution < 1.29 is 27.8 Å². The van der Waals surface area contributed by atoms with Gasteiger partial charge < -0.3 is 19.5 Å². The Bertz CT molecular complexity index is 462. The molecular formula is C12H14F3NO3. The monoisotopic (exact) mass is 277 g/mol. The molecule has 1 N–H and O–H groups in total. The molecule has 106 valence electrons. The van der Waals surface area contributed by atoms with E-state index < -0.39 is 12.6 Å². The first kappa shape index (κ1) is 13.8. The van der Waals surface area contributed by atoms with Gasteiger partial charge in [-0.25, -0.2) is 0 Å². The summed E-state index contributed by atoms with van der Waals surface area (Å²) in [7, 11) is 1.57. The van der Waals surface area contributed by atoms with E-state index in [4.69, 9.17) is 9.47 Å². The first-order chi connectivity index (χ1) is 8.85. The molecule has 0 unspecified atom stereocenters. The fraction of sp³-hybridized carbons (Fsp3) is 0.500. The predicted molar refractivity (Wildman–Crippen MR) is 61.2 cm³/mol. The van der Waals surface area contributed by atoms with E-state index in [9.17, 15) is 18.3 Å². The Balaban J connectivity index is 1.99. The number of alkyl halides is 3. The summed E-state index contributed by atoms with van der Waals surface area (Å²) in [6.45, 7) is 0.165. The van der Waals surface area contributed by atoms with Gasteiger partial charge >= 0.3 is 6.18 Å². The third-order valence-corrected chi connectivity index (χ3v) is 2.79. The lowest BCUT2D eigenvalue weighted by Gasteiger charge is -2.18. The molecule has 2 rings (SSSR count). The maximum Gasteiger partial charge on any atom is 0.390 e. The second kappa shape index (κ2) is 5.16. The van der Waals surface area contributed by atoms with Crippen molar-refractivity contribution >= 4 is 0 Å². The summed E-state index contributed by atoms with van der Waals surface area (Å²) in [6, 6.07) is 3.00. The normalized spacial score (nSPS) is 14.2. The van der Waals surface area contributed by atoms with E-state index in [-0.39, 0.29) is 25.6 Å². The second-order valence-electron chi connectivity index (χ2n) is 4.44. The molecule has 4 nitrogen and oxygen atoms in total. The van der Waals surface area contributed by atoms with Crippen LogP contribution in [0, 0.1) is 0 Å². The van der Waals surface area contributed by atoms with E-state index in [1.165, 1.54) is 11.0 Å². The summed E-state index contributed by atoms with van der Waals surface area (Å²) in [5, 5.41) is 9.77. The van der Waals surface area contributed by atoms with Gasteiger partial charge in [-0.1, -0.05) is 0 Å². The van der Waals surface area contributed by atoms with Crippen LogP contribution in [-0.4, -0.2) is 36.6 Å². The van der Waals surface area contributed by atoms with Crippen molar-refractivity contribution in [3.05, 3.63) is 17.7 Å². The van der Waals surface area contributed by atoms with Crippen molar-refractivity contribution in [2.75, 3.05) is 20.4 Å². The number of phenolic OH excluding ortho intramolecular Hbond substituents is 1. The van der Waals surface area contributed by atoms with E-state index in [1.807, 2.05) is 0 Å². The molecule has 0 spiro atoms. The maximum atomic E-state index is 12.1. The summed E-state index contributed by atoms with van der Waals surface area (Å²) in [6.07, 6.45) is -5.06. The highest BCUT2D eigenvalue weighted by Gasteiger charge is 2.27. The van der Waals surface area contributed by atoms with Crippen LogP contribution < -0.4 is 9.47 Å². The van der Waals surface area contributed by atoms with E-state index in [0.29, 0.717) is 17.1 Å². The number of aromatic hydroxyl groups is 1. The Morgan fingerprint density at radius 3 is 2.53 bits per heavy atom. The van der Waals surface area contributed by atoms with E-state index >= 15 is 0 Å². The summed E-state index contributed by atoms with van der Waals surface area (Å²) in [5.41, 5.74) is 0.508. The summed E-state index contributed by atoms with van der Waals surface area (Å²) in [5.74, 6) is 0.930. The van der Waals surface area contributed by atoms with Crippen LogP contribution in [0.1, 0.15) is 12.0 Å². The zero-order valence-corrected chi connectivity index (χ0v) is 10.3. The first-order valence-electron chi connectivity index (χ1n) is 5.72. The van der Waals surface area contributed by atoms with Gasteiger partial charge in [0.1, 0.15) is 5.75 Å². The Morgan fingerprint density at radius 1 is 1.26 bits per heavy atom. The van der Waals surface area contributed by atoms with Crippen molar-refractivity contribution in [2.45, 2.75) is 19.1 Å². The molecule has 1 aliphatic heterocycles. The van der Waals surface area contributed by atoms with Crippen molar-refractivity contribution in [1.29, 1.82) is 0 Å². The highest BCUT2D eigenvalue weighted by molar-refractivity contribution is 5.51. The maximum absolute atomic E-state index is 12.1. The average Bonchev–Trinajstić information content (AvgIpc) is 2.73. The lowest BCUT2D eigenvalue weighted by Crippen LogP contribution is -2.24. The molecule has 1 aromatic rings. The quantitative estimate of drug-likeness (QED) is 0.918. The van der Waals surface area contributed by atoms with Gasteiger partial charge in [-0.15, -0.1) is 0 Å². The number of rotatable bonds is 4. The molecular weight excluding hydrogens is 263 g/mol. The summed E-state index contributed by atoms with van der Waals surface area (Å²) < 4.78 is 46.5. The van der Waals surface area contributed by atoms with Crippen molar-refractivity contribution in [1.82, 2.24) is 4.90 Å². The van der Waals surface area contributed by atoms with Crippen molar-refractivity contribution in [2.24, 2.45) is 0 Å². The lowest BCUT2D eigenvalue weighted by atomic mass is 10.1. The zero-order chi connectivity index (χ0) is 14.0. The third kappa shape index (κ3) is 3.66. The molecule has 0 bridgehead atoms. The smallest absolute Gasteiger partial charge is 0.390 e. The molecule has 0 radical (unpaired) electrons. The van der Waals surface area contributed by atoms with Crippen LogP contribution in [0.15, 0.2) is 12.1 Å². The highest BCUT2D eigenvalue weighted by Crippen LogP contribution is 2.38. The molecule has 1 aliphatic rings. The van der Waals surface area contributed by atoms with Crippen LogP contribution >= 0.6 is 0 Å². The minimum absolute atomic E-state index is 0.0110. The van der Waals surface area contributed by atoms with Gasteiger partial charge in [0.2, 0.25) is 6.79 Å². The molecule has 0 saturated heterocycles. The Morgan fingerprint density at radius 2 is 1.89 bits per heavy atom. The summed E-state index contributed by atoms with van der Waals surface area (Å²) >= 11 is 0. The molecule has 0 atom stereocenters. The van der Waals surface area contributed by atoms with Gasteiger partial charge in [0.05, 0.1) is 6.42 Å². The molecule has 1 aromatic carbocycles. The zero-order valence-electron chi connectivity index (χ0n) is 10.3. The third-order valence-electron chi connectivity index (χ3n) is 2.79. The van der Waals surface area contributed by atoms with Crippen LogP contribution in [0.5, 0.6) is 17.2 Å². The van der Waals surface area contributed by atoms with Crippen LogP contribution in [0.4, 0.5) is 13.2 Å². The van der Waals surface area contributed by atoms with Gasteiger partial charge in [0.15, 0.2) is 11.5 Å². The topological polar surface area (TPSA) is 41.9 Å². The van der Waals surface area contributed by atoms with E-state index in [0.717, 1.165) is 0 Å². The second-order valence-corrected chi connectivity index (χ2v) is 4.44. The molecule has 0 aromatic heterocycles. The first-order valence-corrected chi connectivity index (χ1v) is 5.72. The number of hydrogen-bond acceptors (Lipinski definition) is 4. The Kier molecular flexibility index (Phi) is 3.75. The lowest BCUT2D eigenvalue weighted by molar-refractivity contribution is -0.137. The number of fused-ring (bicyclic) bond motifs is 1. The molecule has 0 amide bonds. The predicted octanol–water partition coefficient (Wildman–Crippen LogP) is 2.51. The van der Waals surface area contributed by atoms with Gasteiger partial charge in [-0.05, 0) is 13.1 Å². The minimum Gasteiger partial charge on any atom is -0.507 e. The van der Waals surface area contributed by atoms with E-state index in [1.54, 1.807) is 13.1 Å². The van der Waals surface area contributed by atoms with Crippen LogP contribution in [-0.2, 0) is 6.54 Å². The fourth-order valence-electron chi connectivity index (χ4n) is 1.79. The van der Waals surface area contributed by atoms with Gasteiger partial charge in [-0.3, -0.25) is 0 Å². The number of nitrogens with zero attached hydrogens (tertiary/aromatic N) is 1. The van der Waals surface area contributed by atoms with Crippen LogP contribution in [0.25, 0.3) is 0 Å². The minimum atomic E-state index is -4.18. The van der Waals surface area contributed by atoms with Crippen molar-refractivity contribution in [3.8, 4) is 17.2 Å². The average molecular weight is 277 g/mol. The van der Waals surface area contributed by atoms with Gasteiger partial charge in [0, 0.05) is 24.7 Å².